The van der Waals surface area contributed by atoms with Crippen LogP contribution in [-0.2, 0) is 4.79 Å². The maximum Gasteiger partial charge on any atom is 0.262 e. The van der Waals surface area contributed by atoms with Crippen LogP contribution in [0.5, 0.6) is 5.75 Å². The molecule has 3 aromatic rings. The molecule has 146 valence electrons. The van der Waals surface area contributed by atoms with Gasteiger partial charge in [-0.05, 0) is 30.5 Å². The monoisotopic (exact) mass is 388 g/mol. The molecule has 1 atom stereocenters. The zero-order chi connectivity index (χ0) is 20.4. The van der Waals surface area contributed by atoms with E-state index in [-0.39, 0.29) is 13.2 Å². The molecule has 0 spiro atoms. The molecule has 4 rings (SSSR count). The Kier molecular flexibility index (Phi) is 4.99. The van der Waals surface area contributed by atoms with Gasteiger partial charge in [0.15, 0.2) is 0 Å². The van der Waals surface area contributed by atoms with Gasteiger partial charge in [0.1, 0.15) is 18.4 Å². The van der Waals surface area contributed by atoms with Crippen molar-refractivity contribution in [3.05, 3.63) is 77.9 Å². The number of hydrogen-bond acceptors (Lipinski definition) is 4. The summed E-state index contributed by atoms with van der Waals surface area (Å²) in [5.41, 5.74) is 0.660. The zero-order valence-corrected chi connectivity index (χ0v) is 15.9. The van der Waals surface area contributed by atoms with Crippen LogP contribution in [0.15, 0.2) is 66.7 Å². The van der Waals surface area contributed by atoms with Crippen molar-refractivity contribution in [2.75, 3.05) is 13.2 Å². The number of imide groups is 1. The third kappa shape index (κ3) is 3.45. The molecule has 1 heterocycles. The summed E-state index contributed by atoms with van der Waals surface area (Å²) in [7, 11) is 0. The van der Waals surface area contributed by atoms with E-state index in [9.17, 15) is 14.4 Å². The van der Waals surface area contributed by atoms with Crippen molar-refractivity contribution in [1.29, 1.82) is 0 Å². The molecule has 6 nitrogen and oxygen atoms in total. The molecule has 29 heavy (non-hydrogen) atoms. The molecular weight excluding hydrogens is 368 g/mol. The number of carbonyl (C=O) groups excluding carboxylic acids is 3. The van der Waals surface area contributed by atoms with Crippen molar-refractivity contribution in [2.45, 2.75) is 13.0 Å². The minimum Gasteiger partial charge on any atom is -0.491 e. The van der Waals surface area contributed by atoms with E-state index in [1.54, 1.807) is 31.2 Å². The summed E-state index contributed by atoms with van der Waals surface area (Å²) < 4.78 is 5.81. The van der Waals surface area contributed by atoms with Crippen molar-refractivity contribution >= 4 is 28.5 Å². The quantitative estimate of drug-likeness (QED) is 0.520. The largest absolute Gasteiger partial charge is 0.491 e. The van der Waals surface area contributed by atoms with Gasteiger partial charge >= 0.3 is 0 Å². The van der Waals surface area contributed by atoms with Crippen LogP contribution in [0.4, 0.5) is 0 Å². The smallest absolute Gasteiger partial charge is 0.262 e. The van der Waals surface area contributed by atoms with Gasteiger partial charge in [0.2, 0.25) is 5.91 Å². The zero-order valence-electron chi connectivity index (χ0n) is 15.9. The molecule has 1 N–H and O–H groups in total. The topological polar surface area (TPSA) is 75.7 Å². The molecule has 1 unspecified atom stereocenters. The van der Waals surface area contributed by atoms with Crippen LogP contribution in [0.1, 0.15) is 27.6 Å². The first-order valence-electron chi connectivity index (χ1n) is 9.43. The Hall–Kier alpha value is -3.67. The fraction of sp³-hybridized carbons (Fsp3) is 0.174. The van der Waals surface area contributed by atoms with Crippen molar-refractivity contribution < 1.29 is 19.1 Å². The molecule has 0 radical (unpaired) electrons. The van der Waals surface area contributed by atoms with Gasteiger partial charge in [-0.1, -0.05) is 48.5 Å². The number of amides is 3. The summed E-state index contributed by atoms with van der Waals surface area (Å²) in [5, 5.41) is 4.81. The Morgan fingerprint density at radius 2 is 1.55 bits per heavy atom. The van der Waals surface area contributed by atoms with Crippen LogP contribution in [0, 0.1) is 0 Å². The summed E-state index contributed by atoms with van der Waals surface area (Å²) in [6, 6.07) is 19.4. The van der Waals surface area contributed by atoms with E-state index in [1.165, 1.54) is 0 Å². The van der Waals surface area contributed by atoms with Crippen LogP contribution in [-0.4, -0.2) is 41.8 Å². The Morgan fingerprint density at radius 1 is 0.931 bits per heavy atom. The van der Waals surface area contributed by atoms with Gasteiger partial charge in [-0.3, -0.25) is 19.3 Å². The minimum atomic E-state index is -0.903. The highest BCUT2D eigenvalue weighted by atomic mass is 16.5. The third-order valence-corrected chi connectivity index (χ3v) is 5.00. The Balaban J connectivity index is 1.34. The van der Waals surface area contributed by atoms with Gasteiger partial charge in [0, 0.05) is 5.39 Å². The van der Waals surface area contributed by atoms with E-state index in [0.717, 1.165) is 21.4 Å². The first kappa shape index (κ1) is 18.7. The van der Waals surface area contributed by atoms with Crippen molar-refractivity contribution in [2.24, 2.45) is 0 Å². The van der Waals surface area contributed by atoms with E-state index >= 15 is 0 Å². The lowest BCUT2D eigenvalue weighted by Crippen LogP contribution is -2.48. The average Bonchev–Trinajstić information content (AvgIpc) is 3.01. The molecule has 1 aliphatic rings. The maximum absolute atomic E-state index is 12.5. The number of rotatable bonds is 6. The SMILES string of the molecule is CC(C(=O)NCCOc1cccc2ccccc12)N1C(=O)c2ccccc2C1=O. The third-order valence-electron chi connectivity index (χ3n) is 5.00. The Labute approximate surface area is 168 Å². The normalized spacial score (nSPS) is 14.0. The van der Waals surface area contributed by atoms with E-state index in [1.807, 2.05) is 42.5 Å². The van der Waals surface area contributed by atoms with Crippen LogP contribution in [0.25, 0.3) is 10.8 Å². The fourth-order valence-corrected chi connectivity index (χ4v) is 3.48. The van der Waals surface area contributed by atoms with Crippen LogP contribution in [0.3, 0.4) is 0 Å². The second-order valence-corrected chi connectivity index (χ2v) is 6.82. The lowest BCUT2D eigenvalue weighted by Gasteiger charge is -2.21. The molecule has 0 aromatic heterocycles. The molecule has 1 aliphatic heterocycles. The number of benzene rings is 3. The molecule has 0 fully saturated rings. The van der Waals surface area contributed by atoms with Gasteiger partial charge in [-0.25, -0.2) is 0 Å². The lowest BCUT2D eigenvalue weighted by molar-refractivity contribution is -0.124. The molecule has 0 aliphatic carbocycles. The van der Waals surface area contributed by atoms with E-state index < -0.39 is 23.8 Å². The summed E-state index contributed by atoms with van der Waals surface area (Å²) in [6.07, 6.45) is 0. The van der Waals surface area contributed by atoms with Crippen molar-refractivity contribution in [3.63, 3.8) is 0 Å². The standard InChI is InChI=1S/C23H20N2O4/c1-15(25-22(27)18-10-4-5-11-19(18)23(25)28)21(26)24-13-14-29-20-12-6-8-16-7-2-3-9-17(16)20/h2-12,15H,13-14H2,1H3,(H,24,26). The second kappa shape index (κ2) is 7.75. The van der Waals surface area contributed by atoms with E-state index in [2.05, 4.69) is 5.32 Å². The molecular formula is C23H20N2O4. The number of fused-ring (bicyclic) bond motifs is 2. The van der Waals surface area contributed by atoms with Gasteiger partial charge in [0.05, 0.1) is 17.7 Å². The second-order valence-electron chi connectivity index (χ2n) is 6.82. The predicted molar refractivity (Wildman–Crippen MR) is 109 cm³/mol. The van der Waals surface area contributed by atoms with Gasteiger partial charge in [0.25, 0.3) is 11.8 Å². The van der Waals surface area contributed by atoms with Crippen LogP contribution < -0.4 is 10.1 Å². The highest BCUT2D eigenvalue weighted by molar-refractivity contribution is 6.22. The van der Waals surface area contributed by atoms with Gasteiger partial charge < -0.3 is 10.1 Å². The maximum atomic E-state index is 12.5. The number of ether oxygens (including phenoxy) is 1. The number of hydrogen-bond donors (Lipinski definition) is 1. The van der Waals surface area contributed by atoms with Crippen molar-refractivity contribution in [3.8, 4) is 5.75 Å². The first-order chi connectivity index (χ1) is 14.1. The van der Waals surface area contributed by atoms with Crippen molar-refractivity contribution in [1.82, 2.24) is 10.2 Å². The summed E-state index contributed by atoms with van der Waals surface area (Å²) in [4.78, 5) is 38.5. The van der Waals surface area contributed by atoms with Gasteiger partial charge in [-0.2, -0.15) is 0 Å². The van der Waals surface area contributed by atoms with Gasteiger partial charge in [-0.15, -0.1) is 0 Å². The van der Waals surface area contributed by atoms with E-state index in [4.69, 9.17) is 4.74 Å². The first-order valence-corrected chi connectivity index (χ1v) is 9.43. The highest BCUT2D eigenvalue weighted by Gasteiger charge is 2.40. The van der Waals surface area contributed by atoms with Crippen LogP contribution >= 0.6 is 0 Å². The lowest BCUT2D eigenvalue weighted by atomic mass is 10.1. The molecule has 0 saturated carbocycles. The minimum absolute atomic E-state index is 0.259. The summed E-state index contributed by atoms with van der Waals surface area (Å²) in [6.45, 7) is 2.08. The fourth-order valence-electron chi connectivity index (χ4n) is 3.48. The number of nitrogens with zero attached hydrogens (tertiary/aromatic N) is 1. The number of carbonyl (C=O) groups is 3. The summed E-state index contributed by atoms with van der Waals surface area (Å²) in [5.74, 6) is -0.549. The summed E-state index contributed by atoms with van der Waals surface area (Å²) >= 11 is 0. The van der Waals surface area contributed by atoms with E-state index in [0.29, 0.717) is 11.1 Å². The van der Waals surface area contributed by atoms with Crippen LogP contribution in [0.2, 0.25) is 0 Å². The Bertz CT molecular complexity index is 1070. The Morgan fingerprint density at radius 3 is 2.28 bits per heavy atom. The highest BCUT2D eigenvalue weighted by Crippen LogP contribution is 2.25. The molecule has 0 bridgehead atoms. The molecule has 3 amide bonds. The molecule has 6 heteroatoms. The predicted octanol–water partition coefficient (Wildman–Crippen LogP) is 3.02. The number of nitrogens with one attached hydrogen (secondary N) is 1. The average molecular weight is 388 g/mol. The molecule has 3 aromatic carbocycles. The molecule has 0 saturated heterocycles.